The van der Waals surface area contributed by atoms with E-state index in [0.29, 0.717) is 10.7 Å². The van der Waals surface area contributed by atoms with Gasteiger partial charge < -0.3 is 10.5 Å². The molecule has 0 saturated heterocycles. The summed E-state index contributed by atoms with van der Waals surface area (Å²) in [5.41, 5.74) is 8.74. The molecule has 0 bridgehead atoms. The summed E-state index contributed by atoms with van der Waals surface area (Å²) in [5.74, 6) is 1.48. The molecule has 3 heteroatoms. The minimum absolute atomic E-state index is 0.348. The Hall–Kier alpha value is -1.87. The Bertz CT molecular complexity index is 593. The highest BCUT2D eigenvalue weighted by molar-refractivity contribution is 7.80. The number of hydrogen-bond donors (Lipinski definition) is 1. The molecule has 0 aromatic heterocycles. The molecule has 0 fully saturated rings. The van der Waals surface area contributed by atoms with Crippen molar-refractivity contribution in [2.75, 3.05) is 0 Å². The van der Waals surface area contributed by atoms with Gasteiger partial charge in [-0.15, -0.1) is 0 Å². The van der Waals surface area contributed by atoms with Crippen molar-refractivity contribution in [1.82, 2.24) is 0 Å². The van der Waals surface area contributed by atoms with Gasteiger partial charge in [0.15, 0.2) is 0 Å². The average Bonchev–Trinajstić information content (AvgIpc) is 2.31. The highest BCUT2D eigenvalue weighted by Gasteiger charge is 2.08. The highest BCUT2D eigenvalue weighted by atomic mass is 32.1. The van der Waals surface area contributed by atoms with Crippen LogP contribution in [0.15, 0.2) is 42.5 Å². The van der Waals surface area contributed by atoms with Gasteiger partial charge in [-0.1, -0.05) is 36.0 Å². The van der Waals surface area contributed by atoms with E-state index in [0.717, 1.165) is 22.4 Å². The molecule has 0 aliphatic heterocycles. The van der Waals surface area contributed by atoms with E-state index in [1.165, 1.54) is 0 Å². The lowest BCUT2D eigenvalue weighted by molar-refractivity contribution is 0.481. The zero-order valence-electron chi connectivity index (χ0n) is 10.4. The fraction of sp³-hybridized carbons (Fsp3) is 0.133. The van der Waals surface area contributed by atoms with Crippen molar-refractivity contribution in [2.24, 2.45) is 5.73 Å². The molecule has 2 nitrogen and oxygen atoms in total. The molecule has 2 rings (SSSR count). The van der Waals surface area contributed by atoms with E-state index in [4.69, 9.17) is 22.7 Å². The van der Waals surface area contributed by atoms with Gasteiger partial charge in [0.05, 0.1) is 5.56 Å². The van der Waals surface area contributed by atoms with Crippen molar-refractivity contribution in [1.29, 1.82) is 0 Å². The third-order valence-corrected chi connectivity index (χ3v) is 2.84. The molecule has 0 amide bonds. The minimum atomic E-state index is 0.348. The Balaban J connectivity index is 2.37. The fourth-order valence-electron chi connectivity index (χ4n) is 1.73. The van der Waals surface area contributed by atoms with Crippen LogP contribution in [0.2, 0.25) is 0 Å². The molecule has 0 radical (unpaired) electrons. The van der Waals surface area contributed by atoms with E-state index >= 15 is 0 Å². The van der Waals surface area contributed by atoms with Crippen LogP contribution in [-0.4, -0.2) is 4.99 Å². The normalized spacial score (nSPS) is 10.1. The predicted molar refractivity (Wildman–Crippen MR) is 78.3 cm³/mol. The molecule has 2 aromatic rings. The monoisotopic (exact) mass is 257 g/mol. The molecule has 0 aliphatic rings. The smallest absolute Gasteiger partial charge is 0.137 e. The summed E-state index contributed by atoms with van der Waals surface area (Å²) in [7, 11) is 0. The lowest BCUT2D eigenvalue weighted by Crippen LogP contribution is -2.11. The number of thiocarbonyl (C=S) groups is 1. The van der Waals surface area contributed by atoms with Crippen LogP contribution >= 0.6 is 12.2 Å². The number of ether oxygens (including phenoxy) is 1. The van der Waals surface area contributed by atoms with E-state index in [-0.39, 0.29) is 0 Å². The van der Waals surface area contributed by atoms with Crippen LogP contribution in [0.1, 0.15) is 16.7 Å². The molecule has 92 valence electrons. The first-order valence-electron chi connectivity index (χ1n) is 5.71. The van der Waals surface area contributed by atoms with Crippen LogP contribution in [0.25, 0.3) is 0 Å². The second-order valence-corrected chi connectivity index (χ2v) is 4.72. The topological polar surface area (TPSA) is 35.2 Å². The second-order valence-electron chi connectivity index (χ2n) is 4.28. The van der Waals surface area contributed by atoms with Crippen molar-refractivity contribution < 1.29 is 4.74 Å². The van der Waals surface area contributed by atoms with Crippen molar-refractivity contribution in [2.45, 2.75) is 13.8 Å². The third kappa shape index (κ3) is 2.87. The molecule has 0 aliphatic carbocycles. The molecule has 0 spiro atoms. The van der Waals surface area contributed by atoms with E-state index in [2.05, 4.69) is 0 Å². The predicted octanol–water partition coefficient (Wildman–Crippen LogP) is 3.73. The SMILES string of the molecule is Cc1cccc(Oc2ccc(C)cc2C(N)=S)c1. The van der Waals surface area contributed by atoms with Gasteiger partial charge >= 0.3 is 0 Å². The van der Waals surface area contributed by atoms with E-state index in [1.807, 2.05) is 56.3 Å². The average molecular weight is 257 g/mol. The van der Waals surface area contributed by atoms with Crippen LogP contribution in [-0.2, 0) is 0 Å². The van der Waals surface area contributed by atoms with E-state index in [9.17, 15) is 0 Å². The summed E-state index contributed by atoms with van der Waals surface area (Å²) in [5, 5.41) is 0. The molecule has 2 aromatic carbocycles. The zero-order valence-corrected chi connectivity index (χ0v) is 11.3. The van der Waals surface area contributed by atoms with Gasteiger partial charge in [-0.25, -0.2) is 0 Å². The lowest BCUT2D eigenvalue weighted by atomic mass is 10.1. The Morgan fingerprint density at radius 2 is 1.78 bits per heavy atom. The van der Waals surface area contributed by atoms with Crippen molar-refractivity contribution in [3.05, 3.63) is 59.2 Å². The van der Waals surface area contributed by atoms with Gasteiger partial charge in [0.2, 0.25) is 0 Å². The van der Waals surface area contributed by atoms with Crippen LogP contribution < -0.4 is 10.5 Å². The Kier molecular flexibility index (Phi) is 3.63. The standard InChI is InChI=1S/C15H15NOS/c1-10-4-3-5-12(8-10)17-14-7-6-11(2)9-13(14)15(16)18/h3-9H,1-2H3,(H2,16,18). The maximum atomic E-state index is 5.84. The summed E-state index contributed by atoms with van der Waals surface area (Å²) < 4.78 is 5.84. The fourth-order valence-corrected chi connectivity index (χ4v) is 1.89. The first-order chi connectivity index (χ1) is 8.56. The third-order valence-electron chi connectivity index (χ3n) is 2.62. The number of hydrogen-bond acceptors (Lipinski definition) is 2. The molecule has 18 heavy (non-hydrogen) atoms. The van der Waals surface area contributed by atoms with Crippen LogP contribution in [0.3, 0.4) is 0 Å². The van der Waals surface area contributed by atoms with Gasteiger partial charge in [0.25, 0.3) is 0 Å². The Morgan fingerprint density at radius 3 is 2.44 bits per heavy atom. The minimum Gasteiger partial charge on any atom is -0.457 e. The number of benzene rings is 2. The summed E-state index contributed by atoms with van der Waals surface area (Å²) in [6.45, 7) is 4.02. The van der Waals surface area contributed by atoms with E-state index < -0.39 is 0 Å². The summed E-state index contributed by atoms with van der Waals surface area (Å²) in [6, 6.07) is 13.7. The maximum absolute atomic E-state index is 5.84. The zero-order chi connectivity index (χ0) is 13.1. The quantitative estimate of drug-likeness (QED) is 0.851. The maximum Gasteiger partial charge on any atom is 0.137 e. The first kappa shape index (κ1) is 12.6. The number of aryl methyl sites for hydroxylation is 2. The van der Waals surface area contributed by atoms with Gasteiger partial charge in [-0.05, 0) is 43.7 Å². The van der Waals surface area contributed by atoms with Gasteiger partial charge in [0, 0.05) is 0 Å². The van der Waals surface area contributed by atoms with Gasteiger partial charge in [0.1, 0.15) is 16.5 Å². The molecule has 0 heterocycles. The Labute approximate surface area is 112 Å². The first-order valence-corrected chi connectivity index (χ1v) is 6.12. The molecule has 0 saturated carbocycles. The molecule has 0 unspecified atom stereocenters. The molecular formula is C15H15NOS. The summed E-state index contributed by atoms with van der Waals surface area (Å²) in [4.78, 5) is 0.348. The second kappa shape index (κ2) is 5.19. The van der Waals surface area contributed by atoms with Gasteiger partial charge in [-0.2, -0.15) is 0 Å². The summed E-state index contributed by atoms with van der Waals surface area (Å²) >= 11 is 5.05. The number of rotatable bonds is 3. The van der Waals surface area contributed by atoms with Crippen molar-refractivity contribution in [3.8, 4) is 11.5 Å². The summed E-state index contributed by atoms with van der Waals surface area (Å²) in [6.07, 6.45) is 0. The Morgan fingerprint density at radius 1 is 1.06 bits per heavy atom. The number of nitrogens with two attached hydrogens (primary N) is 1. The van der Waals surface area contributed by atoms with Crippen LogP contribution in [0.5, 0.6) is 11.5 Å². The molecular weight excluding hydrogens is 242 g/mol. The van der Waals surface area contributed by atoms with Crippen molar-refractivity contribution in [3.63, 3.8) is 0 Å². The van der Waals surface area contributed by atoms with E-state index in [1.54, 1.807) is 0 Å². The molecule has 2 N–H and O–H groups in total. The molecule has 0 atom stereocenters. The lowest BCUT2D eigenvalue weighted by Gasteiger charge is -2.11. The largest absolute Gasteiger partial charge is 0.457 e. The van der Waals surface area contributed by atoms with Crippen LogP contribution in [0.4, 0.5) is 0 Å². The van der Waals surface area contributed by atoms with Crippen molar-refractivity contribution >= 4 is 17.2 Å². The van der Waals surface area contributed by atoms with Gasteiger partial charge in [-0.3, -0.25) is 0 Å². The van der Waals surface area contributed by atoms with Crippen LogP contribution in [0, 0.1) is 13.8 Å². The highest BCUT2D eigenvalue weighted by Crippen LogP contribution is 2.26.